The quantitative estimate of drug-likeness (QED) is 0.868. The van der Waals surface area contributed by atoms with Crippen molar-refractivity contribution in [3.05, 3.63) is 53.8 Å². The number of hydrogen-bond acceptors (Lipinski definition) is 3. The molecular formula is C16H18FNO2. The van der Waals surface area contributed by atoms with Crippen LogP contribution >= 0.6 is 0 Å². The molecule has 4 heteroatoms. The maximum absolute atomic E-state index is 13.1. The van der Waals surface area contributed by atoms with E-state index in [1.807, 2.05) is 38.1 Å². The van der Waals surface area contributed by atoms with Gasteiger partial charge in [-0.05, 0) is 56.3 Å². The van der Waals surface area contributed by atoms with E-state index in [1.54, 1.807) is 0 Å². The van der Waals surface area contributed by atoms with Crippen molar-refractivity contribution in [2.45, 2.75) is 26.5 Å². The van der Waals surface area contributed by atoms with Crippen LogP contribution in [0.2, 0.25) is 0 Å². The van der Waals surface area contributed by atoms with Crippen molar-refractivity contribution < 1.29 is 14.2 Å². The highest BCUT2D eigenvalue weighted by Gasteiger charge is 2.03. The van der Waals surface area contributed by atoms with Gasteiger partial charge in [-0.25, -0.2) is 4.39 Å². The molecule has 0 aliphatic rings. The van der Waals surface area contributed by atoms with Gasteiger partial charge in [0, 0.05) is 17.8 Å². The lowest BCUT2D eigenvalue weighted by Gasteiger charge is -2.11. The van der Waals surface area contributed by atoms with Crippen LogP contribution in [0.5, 0.6) is 11.5 Å². The van der Waals surface area contributed by atoms with Gasteiger partial charge in [0.2, 0.25) is 0 Å². The van der Waals surface area contributed by atoms with E-state index in [-0.39, 0.29) is 17.7 Å². The van der Waals surface area contributed by atoms with Crippen LogP contribution in [0.4, 0.5) is 10.1 Å². The highest BCUT2D eigenvalue weighted by atomic mass is 19.1. The number of ether oxygens (including phenoxy) is 1. The predicted octanol–water partition coefficient (Wildman–Crippen LogP) is 3.93. The van der Waals surface area contributed by atoms with E-state index in [0.717, 1.165) is 11.4 Å². The summed E-state index contributed by atoms with van der Waals surface area (Å²) in [4.78, 5) is 0. The Morgan fingerprint density at radius 3 is 2.50 bits per heavy atom. The summed E-state index contributed by atoms with van der Waals surface area (Å²) in [5.74, 6) is 0.526. The van der Waals surface area contributed by atoms with Crippen LogP contribution in [-0.2, 0) is 6.54 Å². The van der Waals surface area contributed by atoms with Gasteiger partial charge in [0.1, 0.15) is 17.3 Å². The monoisotopic (exact) mass is 275 g/mol. The molecular weight excluding hydrogens is 257 g/mol. The molecule has 0 bridgehead atoms. The summed E-state index contributed by atoms with van der Waals surface area (Å²) in [5.41, 5.74) is 1.40. The fourth-order valence-corrected chi connectivity index (χ4v) is 1.82. The van der Waals surface area contributed by atoms with Crippen LogP contribution in [-0.4, -0.2) is 11.2 Å². The standard InChI is InChI=1S/C16H18FNO2/c1-11(2)20-15-6-4-14(5-7-15)18-10-12-9-13(17)3-8-16(12)19/h3-9,11,18-19H,10H2,1-2H3. The molecule has 0 radical (unpaired) electrons. The molecule has 2 rings (SSSR count). The Labute approximate surface area is 118 Å². The maximum Gasteiger partial charge on any atom is 0.123 e. The first-order valence-electron chi connectivity index (χ1n) is 6.52. The van der Waals surface area contributed by atoms with E-state index in [1.165, 1.54) is 18.2 Å². The number of halogens is 1. The number of anilines is 1. The zero-order valence-electron chi connectivity index (χ0n) is 11.6. The number of phenolic OH excluding ortho intramolecular Hbond substituents is 1. The molecule has 20 heavy (non-hydrogen) atoms. The number of phenols is 1. The van der Waals surface area contributed by atoms with Crippen molar-refractivity contribution in [3.8, 4) is 11.5 Å². The molecule has 106 valence electrons. The van der Waals surface area contributed by atoms with E-state index in [2.05, 4.69) is 5.32 Å². The van der Waals surface area contributed by atoms with Crippen molar-refractivity contribution in [2.24, 2.45) is 0 Å². The maximum atomic E-state index is 13.1. The molecule has 0 spiro atoms. The van der Waals surface area contributed by atoms with Gasteiger partial charge < -0.3 is 15.2 Å². The lowest BCUT2D eigenvalue weighted by Crippen LogP contribution is -2.05. The summed E-state index contributed by atoms with van der Waals surface area (Å²) in [7, 11) is 0. The minimum absolute atomic E-state index is 0.0821. The lowest BCUT2D eigenvalue weighted by molar-refractivity contribution is 0.242. The molecule has 2 aromatic carbocycles. The van der Waals surface area contributed by atoms with Gasteiger partial charge in [0.25, 0.3) is 0 Å². The summed E-state index contributed by atoms with van der Waals surface area (Å²) in [6.07, 6.45) is 0.137. The number of nitrogens with one attached hydrogen (secondary N) is 1. The van der Waals surface area contributed by atoms with E-state index >= 15 is 0 Å². The summed E-state index contributed by atoms with van der Waals surface area (Å²) in [6.45, 7) is 4.30. The van der Waals surface area contributed by atoms with E-state index in [0.29, 0.717) is 12.1 Å². The molecule has 0 aliphatic heterocycles. The average Bonchev–Trinajstić information content (AvgIpc) is 2.41. The first kappa shape index (κ1) is 14.2. The summed E-state index contributed by atoms with van der Waals surface area (Å²) >= 11 is 0. The molecule has 0 heterocycles. The molecule has 0 aliphatic carbocycles. The third kappa shape index (κ3) is 3.88. The zero-order valence-corrected chi connectivity index (χ0v) is 11.6. The van der Waals surface area contributed by atoms with Crippen LogP contribution in [0, 0.1) is 5.82 Å². The zero-order chi connectivity index (χ0) is 14.5. The van der Waals surface area contributed by atoms with Crippen LogP contribution in [0.25, 0.3) is 0 Å². The van der Waals surface area contributed by atoms with Crippen LogP contribution in [0.15, 0.2) is 42.5 Å². The summed E-state index contributed by atoms with van der Waals surface area (Å²) < 4.78 is 18.6. The first-order chi connectivity index (χ1) is 9.54. The normalized spacial score (nSPS) is 10.6. The number of aromatic hydroxyl groups is 1. The SMILES string of the molecule is CC(C)Oc1ccc(NCc2cc(F)ccc2O)cc1. The molecule has 0 aromatic heterocycles. The number of hydrogen-bond donors (Lipinski definition) is 2. The molecule has 0 amide bonds. The third-order valence-corrected chi connectivity index (χ3v) is 2.75. The van der Waals surface area contributed by atoms with Gasteiger partial charge in [0.15, 0.2) is 0 Å². The smallest absolute Gasteiger partial charge is 0.123 e. The second kappa shape index (κ2) is 6.28. The van der Waals surface area contributed by atoms with E-state index in [9.17, 15) is 9.50 Å². The number of rotatable bonds is 5. The lowest BCUT2D eigenvalue weighted by atomic mass is 10.2. The Morgan fingerprint density at radius 1 is 1.15 bits per heavy atom. The largest absolute Gasteiger partial charge is 0.508 e. The highest BCUT2D eigenvalue weighted by Crippen LogP contribution is 2.21. The third-order valence-electron chi connectivity index (χ3n) is 2.75. The van der Waals surface area contributed by atoms with Crippen LogP contribution < -0.4 is 10.1 Å². The van der Waals surface area contributed by atoms with Crippen molar-refractivity contribution in [2.75, 3.05) is 5.32 Å². The van der Waals surface area contributed by atoms with Crippen LogP contribution in [0.1, 0.15) is 19.4 Å². The summed E-state index contributed by atoms with van der Waals surface area (Å²) in [6, 6.07) is 11.4. The Morgan fingerprint density at radius 2 is 1.85 bits per heavy atom. The Bertz CT molecular complexity index is 567. The molecule has 2 aromatic rings. The Balaban J connectivity index is 1.98. The minimum atomic E-state index is -0.361. The molecule has 0 unspecified atom stereocenters. The topological polar surface area (TPSA) is 41.5 Å². The van der Waals surface area contributed by atoms with Gasteiger partial charge in [-0.15, -0.1) is 0 Å². The highest BCUT2D eigenvalue weighted by molar-refractivity contribution is 5.47. The van der Waals surface area contributed by atoms with Gasteiger partial charge >= 0.3 is 0 Å². The van der Waals surface area contributed by atoms with Gasteiger partial charge in [-0.3, -0.25) is 0 Å². The molecule has 0 fully saturated rings. The van der Waals surface area contributed by atoms with Crippen molar-refractivity contribution in [1.29, 1.82) is 0 Å². The molecule has 0 atom stereocenters. The van der Waals surface area contributed by atoms with Gasteiger partial charge in [-0.1, -0.05) is 0 Å². The second-order valence-corrected chi connectivity index (χ2v) is 4.82. The van der Waals surface area contributed by atoms with Gasteiger partial charge in [-0.2, -0.15) is 0 Å². The fourth-order valence-electron chi connectivity index (χ4n) is 1.82. The Kier molecular flexibility index (Phi) is 4.45. The van der Waals surface area contributed by atoms with Crippen LogP contribution in [0.3, 0.4) is 0 Å². The molecule has 0 saturated heterocycles. The first-order valence-corrected chi connectivity index (χ1v) is 6.52. The molecule has 3 nitrogen and oxygen atoms in total. The van der Waals surface area contributed by atoms with Gasteiger partial charge in [0.05, 0.1) is 6.10 Å². The second-order valence-electron chi connectivity index (χ2n) is 4.82. The minimum Gasteiger partial charge on any atom is -0.508 e. The van der Waals surface area contributed by atoms with Crippen molar-refractivity contribution in [1.82, 2.24) is 0 Å². The fraction of sp³-hybridized carbons (Fsp3) is 0.250. The number of benzene rings is 2. The summed E-state index contributed by atoms with van der Waals surface area (Å²) in [5, 5.41) is 12.8. The predicted molar refractivity (Wildman–Crippen MR) is 77.6 cm³/mol. The molecule has 2 N–H and O–H groups in total. The van der Waals surface area contributed by atoms with E-state index < -0.39 is 0 Å². The molecule has 0 saturated carbocycles. The van der Waals surface area contributed by atoms with E-state index in [4.69, 9.17) is 4.74 Å². The Hall–Kier alpha value is -2.23. The average molecular weight is 275 g/mol. The van der Waals surface area contributed by atoms with Crippen molar-refractivity contribution in [3.63, 3.8) is 0 Å². The van der Waals surface area contributed by atoms with Crippen molar-refractivity contribution >= 4 is 5.69 Å².